The topological polar surface area (TPSA) is 3.24 Å². The van der Waals surface area contributed by atoms with Gasteiger partial charge in [0.15, 0.2) is 0 Å². The van der Waals surface area contributed by atoms with Crippen LogP contribution in [0.5, 0.6) is 0 Å². The molecular weight excluding hydrogens is 218 g/mol. The van der Waals surface area contributed by atoms with Crippen LogP contribution in [0.1, 0.15) is 23.1 Å². The largest absolute Gasteiger partial charge is 0.306 e. The molecule has 0 heterocycles. The number of aryl methyl sites for hydroxylation is 2. The van der Waals surface area contributed by atoms with E-state index in [1.54, 1.807) is 0 Å². The summed E-state index contributed by atoms with van der Waals surface area (Å²) in [6, 6.07) is 6.74. The third kappa shape index (κ3) is 4.54. The normalized spacial score (nSPS) is 11.1. The first-order chi connectivity index (χ1) is 7.63. The van der Waals surface area contributed by atoms with Crippen LogP contribution < -0.4 is 0 Å². The second kappa shape index (κ2) is 6.93. The Kier molecular flexibility index (Phi) is 5.86. The number of likely N-dealkylation sites (N-methyl/N-ethyl adjacent to an activating group) is 1. The van der Waals surface area contributed by atoms with Crippen LogP contribution in [0.25, 0.3) is 0 Å². The molecule has 0 aliphatic heterocycles. The van der Waals surface area contributed by atoms with Gasteiger partial charge in [0.25, 0.3) is 0 Å². The molecule has 0 aliphatic carbocycles. The lowest BCUT2D eigenvalue weighted by Crippen LogP contribution is -2.22. The summed E-state index contributed by atoms with van der Waals surface area (Å²) >= 11 is 5.67. The predicted octanol–water partition coefficient (Wildman–Crippen LogP) is 3.41. The van der Waals surface area contributed by atoms with Gasteiger partial charge in [0, 0.05) is 12.4 Å². The van der Waals surface area contributed by atoms with E-state index in [-0.39, 0.29) is 0 Å². The van der Waals surface area contributed by atoms with Crippen molar-refractivity contribution >= 4 is 11.6 Å². The molecule has 1 rings (SSSR count). The second-order valence-electron chi connectivity index (χ2n) is 4.51. The fraction of sp³-hybridized carbons (Fsp3) is 0.571. The number of nitrogens with zero attached hydrogens (tertiary/aromatic N) is 1. The van der Waals surface area contributed by atoms with Crippen molar-refractivity contribution in [2.75, 3.05) is 26.0 Å². The molecule has 0 radical (unpaired) electrons. The van der Waals surface area contributed by atoms with Crippen molar-refractivity contribution < 1.29 is 0 Å². The summed E-state index contributed by atoms with van der Waals surface area (Å²) in [5, 5.41) is 0. The zero-order valence-electron chi connectivity index (χ0n) is 10.6. The number of alkyl halides is 1. The monoisotopic (exact) mass is 239 g/mol. The molecule has 0 aliphatic rings. The fourth-order valence-electron chi connectivity index (χ4n) is 1.72. The van der Waals surface area contributed by atoms with Crippen LogP contribution in [0, 0.1) is 13.8 Å². The molecule has 1 aromatic carbocycles. The SMILES string of the molecule is Cc1ccc(CCN(C)CCCCl)cc1C. The molecule has 1 nitrogen and oxygen atoms in total. The minimum atomic E-state index is 0.758. The van der Waals surface area contributed by atoms with Gasteiger partial charge in [0.05, 0.1) is 0 Å². The van der Waals surface area contributed by atoms with Crippen molar-refractivity contribution in [2.24, 2.45) is 0 Å². The molecule has 16 heavy (non-hydrogen) atoms. The van der Waals surface area contributed by atoms with Crippen LogP contribution in [0.2, 0.25) is 0 Å². The minimum Gasteiger partial charge on any atom is -0.306 e. The summed E-state index contributed by atoms with van der Waals surface area (Å²) in [6.45, 7) is 6.54. The first-order valence-electron chi connectivity index (χ1n) is 5.94. The number of benzene rings is 1. The van der Waals surface area contributed by atoms with Gasteiger partial charge in [0.1, 0.15) is 0 Å². The van der Waals surface area contributed by atoms with E-state index >= 15 is 0 Å². The van der Waals surface area contributed by atoms with Crippen LogP contribution in [0.15, 0.2) is 18.2 Å². The third-order valence-corrected chi connectivity index (χ3v) is 3.29. The maximum absolute atomic E-state index is 5.67. The van der Waals surface area contributed by atoms with Crippen LogP contribution in [-0.4, -0.2) is 30.9 Å². The standard InChI is InChI=1S/C14H22ClN/c1-12-5-6-14(11-13(12)2)7-10-16(3)9-4-8-15/h5-6,11H,4,7-10H2,1-3H3. The zero-order valence-corrected chi connectivity index (χ0v) is 11.3. The van der Waals surface area contributed by atoms with E-state index in [4.69, 9.17) is 11.6 Å². The van der Waals surface area contributed by atoms with E-state index in [0.29, 0.717) is 0 Å². The van der Waals surface area contributed by atoms with Crippen molar-refractivity contribution in [1.29, 1.82) is 0 Å². The molecule has 0 saturated heterocycles. The molecule has 0 amide bonds. The fourth-order valence-corrected chi connectivity index (χ4v) is 1.84. The molecule has 2 heteroatoms. The molecule has 0 N–H and O–H groups in total. The molecule has 90 valence electrons. The van der Waals surface area contributed by atoms with E-state index < -0.39 is 0 Å². The Morgan fingerprint density at radius 2 is 1.88 bits per heavy atom. The number of rotatable bonds is 6. The van der Waals surface area contributed by atoms with E-state index in [1.807, 2.05) is 0 Å². The molecule has 0 bridgehead atoms. The van der Waals surface area contributed by atoms with Crippen molar-refractivity contribution in [3.8, 4) is 0 Å². The van der Waals surface area contributed by atoms with Gasteiger partial charge in [0.2, 0.25) is 0 Å². The molecule has 0 atom stereocenters. The smallest absolute Gasteiger partial charge is 0.0235 e. The van der Waals surface area contributed by atoms with Crippen molar-refractivity contribution in [2.45, 2.75) is 26.7 Å². The lowest BCUT2D eigenvalue weighted by atomic mass is 10.0. The average Bonchev–Trinajstić information content (AvgIpc) is 2.28. The Balaban J connectivity index is 2.39. The molecule has 1 aromatic rings. The highest BCUT2D eigenvalue weighted by molar-refractivity contribution is 6.17. The Morgan fingerprint density at radius 3 is 2.50 bits per heavy atom. The van der Waals surface area contributed by atoms with Crippen LogP contribution >= 0.6 is 11.6 Å². The summed E-state index contributed by atoms with van der Waals surface area (Å²) in [4.78, 5) is 2.34. The third-order valence-electron chi connectivity index (χ3n) is 3.03. The van der Waals surface area contributed by atoms with Crippen LogP contribution in [0.4, 0.5) is 0 Å². The molecule has 0 unspecified atom stereocenters. The number of hydrogen-bond acceptors (Lipinski definition) is 1. The Morgan fingerprint density at radius 1 is 1.12 bits per heavy atom. The van der Waals surface area contributed by atoms with Gasteiger partial charge in [-0.1, -0.05) is 18.2 Å². The average molecular weight is 240 g/mol. The second-order valence-corrected chi connectivity index (χ2v) is 4.89. The maximum atomic E-state index is 5.67. The predicted molar refractivity (Wildman–Crippen MR) is 72.5 cm³/mol. The molecular formula is C14H22ClN. The quantitative estimate of drug-likeness (QED) is 0.688. The first-order valence-corrected chi connectivity index (χ1v) is 6.47. The highest BCUT2D eigenvalue weighted by atomic mass is 35.5. The molecule has 0 spiro atoms. The van der Waals surface area contributed by atoms with Gasteiger partial charge < -0.3 is 4.90 Å². The summed E-state index contributed by atoms with van der Waals surface area (Å²) in [6.07, 6.45) is 2.20. The van der Waals surface area contributed by atoms with Crippen LogP contribution in [0.3, 0.4) is 0 Å². The summed E-state index contributed by atoms with van der Waals surface area (Å²) in [5.41, 5.74) is 4.20. The lowest BCUT2D eigenvalue weighted by Gasteiger charge is -2.16. The van der Waals surface area contributed by atoms with Gasteiger partial charge in [-0.15, -0.1) is 11.6 Å². The van der Waals surface area contributed by atoms with Gasteiger partial charge in [-0.05, 0) is 57.0 Å². The highest BCUT2D eigenvalue weighted by Gasteiger charge is 2.00. The zero-order chi connectivity index (χ0) is 12.0. The molecule has 0 aromatic heterocycles. The van der Waals surface area contributed by atoms with E-state index in [9.17, 15) is 0 Å². The maximum Gasteiger partial charge on any atom is 0.0235 e. The first kappa shape index (κ1) is 13.5. The van der Waals surface area contributed by atoms with Crippen LogP contribution in [-0.2, 0) is 6.42 Å². The highest BCUT2D eigenvalue weighted by Crippen LogP contribution is 2.10. The summed E-state index contributed by atoms with van der Waals surface area (Å²) < 4.78 is 0. The summed E-state index contributed by atoms with van der Waals surface area (Å²) in [5.74, 6) is 0.758. The van der Waals surface area contributed by atoms with E-state index in [0.717, 1.165) is 31.8 Å². The lowest BCUT2D eigenvalue weighted by molar-refractivity contribution is 0.340. The Labute approximate surface area is 104 Å². The number of halogens is 1. The Hall–Kier alpha value is -0.530. The van der Waals surface area contributed by atoms with Crippen molar-refractivity contribution in [1.82, 2.24) is 4.90 Å². The van der Waals surface area contributed by atoms with Gasteiger partial charge in [-0.2, -0.15) is 0 Å². The number of hydrogen-bond donors (Lipinski definition) is 0. The minimum absolute atomic E-state index is 0.758. The van der Waals surface area contributed by atoms with Crippen molar-refractivity contribution in [3.63, 3.8) is 0 Å². The van der Waals surface area contributed by atoms with Crippen molar-refractivity contribution in [3.05, 3.63) is 34.9 Å². The van der Waals surface area contributed by atoms with Gasteiger partial charge in [-0.25, -0.2) is 0 Å². The molecule has 0 fully saturated rings. The molecule has 0 saturated carbocycles. The van der Waals surface area contributed by atoms with Gasteiger partial charge in [-0.3, -0.25) is 0 Å². The summed E-state index contributed by atoms with van der Waals surface area (Å²) in [7, 11) is 2.16. The van der Waals surface area contributed by atoms with Gasteiger partial charge >= 0.3 is 0 Å². The van der Waals surface area contributed by atoms with E-state index in [1.165, 1.54) is 16.7 Å². The van der Waals surface area contributed by atoms with E-state index in [2.05, 4.69) is 44.0 Å². The Bertz CT molecular complexity index is 323.